The molecule has 1 saturated heterocycles. The molecule has 146 valence electrons. The number of pyridine rings is 1. The van der Waals surface area contributed by atoms with Gasteiger partial charge in [0, 0.05) is 22.4 Å². The van der Waals surface area contributed by atoms with Crippen LogP contribution in [0, 0.1) is 0 Å². The van der Waals surface area contributed by atoms with E-state index in [1.54, 1.807) is 18.6 Å². The highest BCUT2D eigenvalue weighted by Gasteiger charge is 2.36. The highest BCUT2D eigenvalue weighted by molar-refractivity contribution is 7.13. The second-order valence-electron chi connectivity index (χ2n) is 5.96. The summed E-state index contributed by atoms with van der Waals surface area (Å²) in [5.74, 6) is -0.871. The lowest BCUT2D eigenvalue weighted by atomic mass is 10.1. The summed E-state index contributed by atoms with van der Waals surface area (Å²) >= 11 is 2.77. The van der Waals surface area contributed by atoms with E-state index in [9.17, 15) is 4.79 Å². The number of hydrogen-bond acceptors (Lipinski definition) is 10. The van der Waals surface area contributed by atoms with Gasteiger partial charge in [0.05, 0.1) is 27.4 Å². The lowest BCUT2D eigenvalue weighted by molar-refractivity contribution is -0.149. The SMILES string of the molecule is COC(=O)c1csc(-c2ccc(OC)nc2-c2csc(C3(C)OCCO3)n2)n1. The van der Waals surface area contributed by atoms with Crippen molar-refractivity contribution in [2.24, 2.45) is 0 Å². The van der Waals surface area contributed by atoms with Crippen molar-refractivity contribution in [3.8, 4) is 27.8 Å². The third-order valence-electron chi connectivity index (χ3n) is 4.18. The second kappa shape index (κ2) is 7.55. The van der Waals surface area contributed by atoms with Gasteiger partial charge in [-0.1, -0.05) is 0 Å². The summed E-state index contributed by atoms with van der Waals surface area (Å²) < 4.78 is 21.4. The predicted molar refractivity (Wildman–Crippen MR) is 104 cm³/mol. The van der Waals surface area contributed by atoms with E-state index >= 15 is 0 Å². The lowest BCUT2D eigenvalue weighted by Crippen LogP contribution is -2.21. The molecule has 0 aliphatic carbocycles. The van der Waals surface area contributed by atoms with Crippen molar-refractivity contribution < 1.29 is 23.7 Å². The van der Waals surface area contributed by atoms with Crippen LogP contribution in [0.4, 0.5) is 0 Å². The van der Waals surface area contributed by atoms with Crippen LogP contribution in [0.1, 0.15) is 22.4 Å². The molecule has 4 heterocycles. The van der Waals surface area contributed by atoms with Gasteiger partial charge in [-0.25, -0.2) is 19.7 Å². The van der Waals surface area contributed by atoms with Crippen molar-refractivity contribution in [1.29, 1.82) is 0 Å². The maximum atomic E-state index is 11.7. The monoisotopic (exact) mass is 419 g/mol. The molecule has 8 nitrogen and oxygen atoms in total. The number of thiazole rings is 2. The summed E-state index contributed by atoms with van der Waals surface area (Å²) in [5.41, 5.74) is 2.26. The molecular formula is C18H17N3O5S2. The number of hydrogen-bond donors (Lipinski definition) is 0. The molecule has 1 aliphatic rings. The van der Waals surface area contributed by atoms with Crippen LogP contribution in [-0.2, 0) is 20.0 Å². The van der Waals surface area contributed by atoms with Crippen LogP contribution in [0.2, 0.25) is 0 Å². The Labute approximate surface area is 169 Å². The van der Waals surface area contributed by atoms with Crippen molar-refractivity contribution in [3.05, 3.63) is 33.6 Å². The van der Waals surface area contributed by atoms with Gasteiger partial charge in [0.1, 0.15) is 16.4 Å². The number of aromatic nitrogens is 3. The zero-order valence-electron chi connectivity index (χ0n) is 15.4. The molecule has 0 saturated carbocycles. The number of methoxy groups -OCH3 is 2. The van der Waals surface area contributed by atoms with Crippen LogP contribution >= 0.6 is 22.7 Å². The molecule has 0 N–H and O–H groups in total. The molecule has 3 aromatic heterocycles. The molecule has 3 aromatic rings. The number of esters is 1. The Morgan fingerprint density at radius 1 is 1.11 bits per heavy atom. The van der Waals surface area contributed by atoms with Crippen molar-refractivity contribution >= 4 is 28.6 Å². The smallest absolute Gasteiger partial charge is 0.357 e. The van der Waals surface area contributed by atoms with Gasteiger partial charge in [0.25, 0.3) is 0 Å². The third-order valence-corrected chi connectivity index (χ3v) is 6.08. The Morgan fingerprint density at radius 2 is 1.89 bits per heavy atom. The molecule has 0 amide bonds. The van der Waals surface area contributed by atoms with Gasteiger partial charge < -0.3 is 18.9 Å². The summed E-state index contributed by atoms with van der Waals surface area (Å²) in [6.45, 7) is 2.92. The average Bonchev–Trinajstić information content (AvgIpc) is 3.47. The van der Waals surface area contributed by atoms with Gasteiger partial charge >= 0.3 is 5.97 Å². The van der Waals surface area contributed by atoms with Gasteiger partial charge in [-0.3, -0.25) is 0 Å². The van der Waals surface area contributed by atoms with Crippen LogP contribution in [0.3, 0.4) is 0 Å². The van der Waals surface area contributed by atoms with Crippen molar-refractivity contribution in [3.63, 3.8) is 0 Å². The fourth-order valence-corrected chi connectivity index (χ4v) is 4.43. The fraction of sp³-hybridized carbons (Fsp3) is 0.333. The average molecular weight is 419 g/mol. The summed E-state index contributed by atoms with van der Waals surface area (Å²) in [6.07, 6.45) is 0. The Balaban J connectivity index is 1.77. The quantitative estimate of drug-likeness (QED) is 0.582. The van der Waals surface area contributed by atoms with Gasteiger partial charge in [-0.05, 0) is 13.0 Å². The molecule has 0 bridgehead atoms. The molecule has 4 rings (SSSR count). The van der Waals surface area contributed by atoms with Crippen LogP contribution < -0.4 is 4.74 Å². The Hall–Kier alpha value is -2.40. The van der Waals surface area contributed by atoms with E-state index in [2.05, 4.69) is 15.0 Å². The molecular weight excluding hydrogens is 402 g/mol. The van der Waals surface area contributed by atoms with Gasteiger partial charge in [-0.2, -0.15) is 0 Å². The highest BCUT2D eigenvalue weighted by atomic mass is 32.1. The normalized spacial score (nSPS) is 15.5. The molecule has 0 spiro atoms. The summed E-state index contributed by atoms with van der Waals surface area (Å²) in [4.78, 5) is 25.4. The van der Waals surface area contributed by atoms with Crippen molar-refractivity contribution in [2.75, 3.05) is 27.4 Å². The molecule has 1 aliphatic heterocycles. The zero-order valence-corrected chi connectivity index (χ0v) is 17.1. The maximum Gasteiger partial charge on any atom is 0.357 e. The highest BCUT2D eigenvalue weighted by Crippen LogP contribution is 2.38. The first-order valence-electron chi connectivity index (χ1n) is 8.37. The van der Waals surface area contributed by atoms with E-state index in [0.29, 0.717) is 40.5 Å². The number of rotatable bonds is 5. The van der Waals surface area contributed by atoms with E-state index in [0.717, 1.165) is 5.56 Å². The predicted octanol–water partition coefficient (Wildman–Crippen LogP) is 3.34. The minimum Gasteiger partial charge on any atom is -0.481 e. The summed E-state index contributed by atoms with van der Waals surface area (Å²) in [5, 5.41) is 4.90. The van der Waals surface area contributed by atoms with Gasteiger partial charge in [0.15, 0.2) is 10.7 Å². The minimum atomic E-state index is -0.846. The lowest BCUT2D eigenvalue weighted by Gasteiger charge is -2.18. The Bertz CT molecular complexity index is 1010. The Morgan fingerprint density at radius 3 is 2.61 bits per heavy atom. The fourth-order valence-electron chi connectivity index (χ4n) is 2.75. The first-order valence-corrected chi connectivity index (χ1v) is 10.1. The van der Waals surface area contributed by atoms with Crippen LogP contribution in [0.25, 0.3) is 22.0 Å². The zero-order chi connectivity index (χ0) is 19.7. The van der Waals surface area contributed by atoms with E-state index < -0.39 is 11.8 Å². The summed E-state index contributed by atoms with van der Waals surface area (Å²) in [7, 11) is 2.88. The topological polar surface area (TPSA) is 92.7 Å². The van der Waals surface area contributed by atoms with Crippen molar-refractivity contribution in [1.82, 2.24) is 15.0 Å². The minimum absolute atomic E-state index is 0.253. The molecule has 0 unspecified atom stereocenters. The molecule has 1 fully saturated rings. The largest absolute Gasteiger partial charge is 0.481 e. The van der Waals surface area contributed by atoms with Gasteiger partial charge in [0.2, 0.25) is 11.7 Å². The van der Waals surface area contributed by atoms with E-state index in [-0.39, 0.29) is 5.69 Å². The number of ether oxygens (including phenoxy) is 4. The number of carbonyl (C=O) groups is 1. The second-order valence-corrected chi connectivity index (χ2v) is 7.68. The number of nitrogens with zero attached hydrogens (tertiary/aromatic N) is 3. The summed E-state index contributed by atoms with van der Waals surface area (Å²) in [6, 6.07) is 3.60. The van der Waals surface area contributed by atoms with Crippen molar-refractivity contribution in [2.45, 2.75) is 12.7 Å². The van der Waals surface area contributed by atoms with E-state index in [1.807, 2.05) is 18.4 Å². The molecule has 10 heteroatoms. The van der Waals surface area contributed by atoms with Crippen LogP contribution in [0.15, 0.2) is 22.9 Å². The number of carbonyl (C=O) groups excluding carboxylic acids is 1. The molecule has 0 radical (unpaired) electrons. The molecule has 0 aromatic carbocycles. The van der Waals surface area contributed by atoms with E-state index in [4.69, 9.17) is 18.9 Å². The first-order chi connectivity index (χ1) is 13.5. The molecule has 28 heavy (non-hydrogen) atoms. The third kappa shape index (κ3) is 3.39. The van der Waals surface area contributed by atoms with E-state index in [1.165, 1.54) is 29.8 Å². The molecule has 0 atom stereocenters. The van der Waals surface area contributed by atoms with Gasteiger partial charge in [-0.15, -0.1) is 22.7 Å². The first kappa shape index (κ1) is 18.9. The van der Waals surface area contributed by atoms with Crippen LogP contribution in [-0.4, -0.2) is 48.4 Å². The maximum absolute atomic E-state index is 11.7. The standard InChI is InChI=1S/C18H17N3O5S2/c1-18(25-6-7-26-18)17-20-11(8-28-17)14-10(4-5-13(21-14)23-2)15-19-12(9-27-15)16(22)24-3/h4-5,8-9H,6-7H2,1-3H3. The van der Waals surface area contributed by atoms with Crippen LogP contribution in [0.5, 0.6) is 5.88 Å². The Kier molecular flexibility index (Phi) is 5.11.